The molecule has 2 aromatic heterocycles. The molecule has 6 nitrogen and oxygen atoms in total. The minimum absolute atomic E-state index is 0.274. The molecule has 0 unspecified atom stereocenters. The van der Waals surface area contributed by atoms with Crippen LogP contribution in [0.25, 0.3) is 23.2 Å². The van der Waals surface area contributed by atoms with Crippen LogP contribution in [-0.4, -0.2) is 14.9 Å². The molecule has 2 heterocycles. The Balaban J connectivity index is 1.86. The SMILES string of the molecule is O=[N+]([O-])c1ccc(/C=C/c2nc3ccccc3[nH]2)o1. The first-order chi connectivity index (χ1) is 9.22. The summed E-state index contributed by atoms with van der Waals surface area (Å²) >= 11 is 0. The zero-order valence-corrected chi connectivity index (χ0v) is 9.74. The van der Waals surface area contributed by atoms with E-state index in [2.05, 4.69) is 9.97 Å². The second kappa shape index (κ2) is 4.41. The molecule has 0 aliphatic rings. The molecule has 3 aromatic rings. The zero-order valence-electron chi connectivity index (χ0n) is 9.74. The van der Waals surface area contributed by atoms with Crippen molar-refractivity contribution in [3.05, 3.63) is 58.1 Å². The highest BCUT2D eigenvalue weighted by Crippen LogP contribution is 2.18. The summed E-state index contributed by atoms with van der Waals surface area (Å²) < 4.78 is 5.01. The molecule has 0 aliphatic carbocycles. The van der Waals surface area contributed by atoms with Crippen LogP contribution in [0.3, 0.4) is 0 Å². The van der Waals surface area contributed by atoms with Crippen molar-refractivity contribution in [3.63, 3.8) is 0 Å². The Bertz CT molecular complexity index is 737. The number of nitrogens with one attached hydrogen (secondary N) is 1. The summed E-state index contributed by atoms with van der Waals surface area (Å²) in [4.78, 5) is 17.4. The van der Waals surface area contributed by atoms with E-state index >= 15 is 0 Å². The molecule has 1 N–H and O–H groups in total. The average molecular weight is 255 g/mol. The van der Waals surface area contributed by atoms with Gasteiger partial charge in [0, 0.05) is 0 Å². The molecule has 19 heavy (non-hydrogen) atoms. The number of nitrogens with zero attached hydrogens (tertiary/aromatic N) is 2. The number of furan rings is 1. The van der Waals surface area contributed by atoms with Crippen LogP contribution in [-0.2, 0) is 0 Å². The van der Waals surface area contributed by atoms with Gasteiger partial charge in [0.2, 0.25) is 0 Å². The lowest BCUT2D eigenvalue weighted by Gasteiger charge is -1.84. The lowest BCUT2D eigenvalue weighted by atomic mass is 10.3. The largest absolute Gasteiger partial charge is 0.433 e. The molecule has 0 aliphatic heterocycles. The summed E-state index contributed by atoms with van der Waals surface area (Å²) in [6.07, 6.45) is 3.34. The monoisotopic (exact) mass is 255 g/mol. The topological polar surface area (TPSA) is 85.0 Å². The Morgan fingerprint density at radius 1 is 1.21 bits per heavy atom. The van der Waals surface area contributed by atoms with Crippen molar-refractivity contribution in [1.82, 2.24) is 9.97 Å². The Kier molecular flexibility index (Phi) is 2.60. The van der Waals surface area contributed by atoms with Crippen LogP contribution < -0.4 is 0 Å². The highest BCUT2D eigenvalue weighted by molar-refractivity contribution is 5.78. The fourth-order valence-corrected chi connectivity index (χ4v) is 1.74. The quantitative estimate of drug-likeness (QED) is 0.575. The van der Waals surface area contributed by atoms with Crippen molar-refractivity contribution in [1.29, 1.82) is 0 Å². The Labute approximate surface area is 107 Å². The Morgan fingerprint density at radius 3 is 2.79 bits per heavy atom. The summed E-state index contributed by atoms with van der Waals surface area (Å²) in [5, 5.41) is 10.5. The van der Waals surface area contributed by atoms with E-state index in [9.17, 15) is 10.1 Å². The fraction of sp³-hybridized carbons (Fsp3) is 0. The first-order valence-electron chi connectivity index (χ1n) is 5.59. The van der Waals surface area contributed by atoms with E-state index in [4.69, 9.17) is 4.42 Å². The molecule has 0 amide bonds. The van der Waals surface area contributed by atoms with Crippen molar-refractivity contribution in [2.75, 3.05) is 0 Å². The van der Waals surface area contributed by atoms with Crippen molar-refractivity contribution < 1.29 is 9.34 Å². The number of rotatable bonds is 3. The summed E-state index contributed by atoms with van der Waals surface area (Å²) in [6, 6.07) is 10.5. The first kappa shape index (κ1) is 11.2. The maximum absolute atomic E-state index is 10.5. The van der Waals surface area contributed by atoms with Crippen LogP contribution in [0.5, 0.6) is 0 Å². The second-order valence-corrected chi connectivity index (χ2v) is 3.91. The Morgan fingerprint density at radius 2 is 2.05 bits per heavy atom. The standard InChI is InChI=1S/C13H9N3O3/c17-16(18)13-8-6-9(19-13)5-7-12-14-10-3-1-2-4-11(10)15-12/h1-8H,(H,14,15)/b7-5+. The van der Waals surface area contributed by atoms with Gasteiger partial charge >= 0.3 is 5.88 Å². The molecule has 0 radical (unpaired) electrons. The van der Waals surface area contributed by atoms with Gasteiger partial charge in [-0.25, -0.2) is 4.98 Å². The van der Waals surface area contributed by atoms with E-state index in [1.54, 1.807) is 12.2 Å². The number of fused-ring (bicyclic) bond motifs is 1. The third-order valence-electron chi connectivity index (χ3n) is 2.61. The van der Waals surface area contributed by atoms with Crippen molar-refractivity contribution in [3.8, 4) is 0 Å². The van der Waals surface area contributed by atoms with Crippen molar-refractivity contribution in [2.24, 2.45) is 0 Å². The van der Waals surface area contributed by atoms with Crippen LogP contribution in [0.2, 0.25) is 0 Å². The molecule has 3 rings (SSSR count). The molecule has 0 spiro atoms. The van der Waals surface area contributed by atoms with E-state index in [-0.39, 0.29) is 5.88 Å². The predicted molar refractivity (Wildman–Crippen MR) is 70.4 cm³/mol. The molecular formula is C13H9N3O3. The fourth-order valence-electron chi connectivity index (χ4n) is 1.74. The van der Waals surface area contributed by atoms with Gasteiger partial charge < -0.3 is 9.40 Å². The van der Waals surface area contributed by atoms with Gasteiger partial charge in [-0.15, -0.1) is 0 Å². The summed E-state index contributed by atoms with van der Waals surface area (Å²) in [5.74, 6) is 0.802. The van der Waals surface area contributed by atoms with E-state index in [1.807, 2.05) is 24.3 Å². The third kappa shape index (κ3) is 2.23. The lowest BCUT2D eigenvalue weighted by Crippen LogP contribution is -1.82. The van der Waals surface area contributed by atoms with Crippen molar-refractivity contribution in [2.45, 2.75) is 0 Å². The van der Waals surface area contributed by atoms with E-state index < -0.39 is 4.92 Å². The lowest BCUT2D eigenvalue weighted by molar-refractivity contribution is -0.402. The minimum Gasteiger partial charge on any atom is -0.401 e. The molecule has 0 bridgehead atoms. The Hall–Kier alpha value is -2.89. The first-order valence-corrected chi connectivity index (χ1v) is 5.59. The zero-order chi connectivity index (χ0) is 13.2. The molecule has 94 valence electrons. The van der Waals surface area contributed by atoms with Crippen LogP contribution in [0, 0.1) is 10.1 Å². The van der Waals surface area contributed by atoms with Crippen LogP contribution >= 0.6 is 0 Å². The van der Waals surface area contributed by atoms with Crippen molar-refractivity contribution >= 4 is 29.1 Å². The number of nitro groups is 1. The molecule has 0 atom stereocenters. The maximum atomic E-state index is 10.5. The predicted octanol–water partition coefficient (Wildman–Crippen LogP) is 3.23. The number of imidazole rings is 1. The van der Waals surface area contributed by atoms with Gasteiger partial charge in [0.1, 0.15) is 16.5 Å². The van der Waals surface area contributed by atoms with Gasteiger partial charge in [-0.3, -0.25) is 10.1 Å². The van der Waals surface area contributed by atoms with Crippen LogP contribution in [0.15, 0.2) is 40.8 Å². The molecule has 0 saturated heterocycles. The third-order valence-corrected chi connectivity index (χ3v) is 2.61. The smallest absolute Gasteiger partial charge is 0.401 e. The van der Waals surface area contributed by atoms with Gasteiger partial charge in [0.25, 0.3) is 0 Å². The van der Waals surface area contributed by atoms with Gasteiger partial charge in [-0.2, -0.15) is 0 Å². The number of H-pyrrole nitrogens is 1. The number of hydrogen-bond donors (Lipinski definition) is 1. The molecule has 1 aromatic carbocycles. The molecule has 0 saturated carbocycles. The number of benzene rings is 1. The van der Waals surface area contributed by atoms with Gasteiger partial charge in [0.05, 0.1) is 17.1 Å². The number of hydrogen-bond acceptors (Lipinski definition) is 4. The molecule has 6 heteroatoms. The number of para-hydroxylation sites is 2. The highest BCUT2D eigenvalue weighted by Gasteiger charge is 2.09. The summed E-state index contributed by atoms with van der Waals surface area (Å²) in [7, 11) is 0. The van der Waals surface area contributed by atoms with Crippen LogP contribution in [0.4, 0.5) is 5.88 Å². The normalized spacial score (nSPS) is 11.4. The number of aromatic amines is 1. The second-order valence-electron chi connectivity index (χ2n) is 3.91. The molecule has 0 fully saturated rings. The summed E-state index contributed by atoms with van der Waals surface area (Å²) in [6.45, 7) is 0. The van der Waals surface area contributed by atoms with Crippen LogP contribution in [0.1, 0.15) is 11.6 Å². The van der Waals surface area contributed by atoms with Gasteiger partial charge in [-0.05, 0) is 30.4 Å². The van der Waals surface area contributed by atoms with Gasteiger partial charge in [0.15, 0.2) is 0 Å². The van der Waals surface area contributed by atoms with E-state index in [0.717, 1.165) is 11.0 Å². The van der Waals surface area contributed by atoms with E-state index in [0.29, 0.717) is 11.6 Å². The average Bonchev–Trinajstić information content (AvgIpc) is 3.02. The number of aromatic nitrogens is 2. The maximum Gasteiger partial charge on any atom is 0.433 e. The van der Waals surface area contributed by atoms with E-state index in [1.165, 1.54) is 12.1 Å². The summed E-state index contributed by atoms with van der Waals surface area (Å²) in [5.41, 5.74) is 1.81. The minimum atomic E-state index is -0.571. The van der Waals surface area contributed by atoms with Gasteiger partial charge in [-0.1, -0.05) is 12.1 Å². The molecular weight excluding hydrogens is 246 g/mol. The highest BCUT2D eigenvalue weighted by atomic mass is 16.6.